The van der Waals surface area contributed by atoms with E-state index in [2.05, 4.69) is 87.1 Å². The van der Waals surface area contributed by atoms with Crippen molar-refractivity contribution in [3.63, 3.8) is 0 Å². The first kappa shape index (κ1) is 14.4. The lowest BCUT2D eigenvalue weighted by atomic mass is 10.0. The van der Waals surface area contributed by atoms with E-state index in [1.54, 1.807) is 0 Å². The van der Waals surface area contributed by atoms with Crippen LogP contribution in [-0.4, -0.2) is 0 Å². The number of hydrazine groups is 1. The van der Waals surface area contributed by atoms with Gasteiger partial charge in [-0.1, -0.05) is 52.0 Å². The summed E-state index contributed by atoms with van der Waals surface area (Å²) in [5.41, 5.74) is 11.3. The van der Waals surface area contributed by atoms with Crippen molar-refractivity contribution in [2.24, 2.45) is 0 Å². The molecule has 0 fully saturated rings. The van der Waals surface area contributed by atoms with Gasteiger partial charge in [0, 0.05) is 0 Å². The molecule has 0 saturated carbocycles. The molecule has 2 N–H and O–H groups in total. The lowest BCUT2D eigenvalue weighted by molar-refractivity contribution is 0.866. The zero-order valence-electron chi connectivity index (χ0n) is 12.8. The van der Waals surface area contributed by atoms with E-state index in [0.717, 1.165) is 11.4 Å². The number of nitrogens with one attached hydrogen (secondary N) is 2. The molecule has 0 radical (unpaired) electrons. The molecule has 2 rings (SSSR count). The Morgan fingerprint density at radius 2 is 0.850 bits per heavy atom. The van der Waals surface area contributed by atoms with E-state index in [0.29, 0.717) is 11.8 Å². The molecular weight excluding hydrogens is 244 g/mol. The van der Waals surface area contributed by atoms with Crippen molar-refractivity contribution in [2.45, 2.75) is 39.5 Å². The Kier molecular flexibility index (Phi) is 4.67. The summed E-state index contributed by atoms with van der Waals surface area (Å²) >= 11 is 0. The summed E-state index contributed by atoms with van der Waals surface area (Å²) in [6, 6.07) is 17.1. The van der Waals surface area contributed by atoms with Gasteiger partial charge in [0.15, 0.2) is 0 Å². The maximum atomic E-state index is 3.23. The van der Waals surface area contributed by atoms with Crippen LogP contribution in [0.4, 0.5) is 11.4 Å². The summed E-state index contributed by atoms with van der Waals surface area (Å²) in [7, 11) is 0. The summed E-state index contributed by atoms with van der Waals surface area (Å²) in [5, 5.41) is 0. The molecule has 2 aromatic rings. The Bertz CT molecular complexity index is 473. The van der Waals surface area contributed by atoms with Crippen LogP contribution in [0.5, 0.6) is 0 Å². The van der Waals surface area contributed by atoms with Crippen molar-refractivity contribution < 1.29 is 0 Å². The second kappa shape index (κ2) is 6.47. The minimum Gasteiger partial charge on any atom is -0.301 e. The lowest BCUT2D eigenvalue weighted by Crippen LogP contribution is -2.08. The van der Waals surface area contributed by atoms with Crippen molar-refractivity contribution >= 4 is 11.4 Å². The average Bonchev–Trinajstić information content (AvgIpc) is 2.46. The normalized spacial score (nSPS) is 10.9. The van der Waals surface area contributed by atoms with Crippen LogP contribution in [0.1, 0.15) is 50.7 Å². The molecule has 0 saturated heterocycles. The van der Waals surface area contributed by atoms with Gasteiger partial charge in [0.1, 0.15) is 0 Å². The zero-order chi connectivity index (χ0) is 14.5. The minimum absolute atomic E-state index is 0.570. The summed E-state index contributed by atoms with van der Waals surface area (Å²) in [6.07, 6.45) is 0. The standard InChI is InChI=1S/C18H24N2/c1-13(2)15-5-9-17(10-6-15)19-20-18-11-7-16(8-12-18)14(3)4/h5-14,19-20H,1-4H3. The van der Waals surface area contributed by atoms with E-state index in [1.165, 1.54) is 11.1 Å². The average molecular weight is 268 g/mol. The molecule has 0 unspecified atom stereocenters. The number of hydrogen-bond acceptors (Lipinski definition) is 2. The van der Waals surface area contributed by atoms with Gasteiger partial charge in [-0.15, -0.1) is 0 Å². The maximum Gasteiger partial charge on any atom is 0.0540 e. The van der Waals surface area contributed by atoms with Crippen molar-refractivity contribution in [2.75, 3.05) is 10.9 Å². The fraction of sp³-hybridized carbons (Fsp3) is 0.333. The van der Waals surface area contributed by atoms with E-state index >= 15 is 0 Å². The Hall–Kier alpha value is -1.96. The Labute approximate surface area is 122 Å². The summed E-state index contributed by atoms with van der Waals surface area (Å²) in [5.74, 6) is 1.14. The maximum absolute atomic E-state index is 3.23. The van der Waals surface area contributed by atoms with Gasteiger partial charge >= 0.3 is 0 Å². The number of benzene rings is 2. The molecule has 106 valence electrons. The van der Waals surface area contributed by atoms with Gasteiger partial charge in [0.2, 0.25) is 0 Å². The highest BCUT2D eigenvalue weighted by Gasteiger charge is 2.00. The minimum atomic E-state index is 0.570. The largest absolute Gasteiger partial charge is 0.301 e. The van der Waals surface area contributed by atoms with Gasteiger partial charge in [-0.3, -0.25) is 0 Å². The smallest absolute Gasteiger partial charge is 0.0540 e. The zero-order valence-corrected chi connectivity index (χ0v) is 12.8. The molecule has 0 atom stereocenters. The predicted octanol–water partition coefficient (Wildman–Crippen LogP) is 5.37. The molecule has 0 aliphatic rings. The molecule has 0 aliphatic heterocycles. The van der Waals surface area contributed by atoms with Crippen LogP contribution in [-0.2, 0) is 0 Å². The van der Waals surface area contributed by atoms with Crippen LogP contribution >= 0.6 is 0 Å². The predicted molar refractivity (Wildman–Crippen MR) is 88.3 cm³/mol. The summed E-state index contributed by atoms with van der Waals surface area (Å²) < 4.78 is 0. The van der Waals surface area contributed by atoms with E-state index in [1.807, 2.05) is 0 Å². The molecule has 2 aromatic carbocycles. The molecule has 0 spiro atoms. The van der Waals surface area contributed by atoms with Crippen molar-refractivity contribution in [3.8, 4) is 0 Å². The number of hydrogen-bond donors (Lipinski definition) is 2. The molecule has 2 nitrogen and oxygen atoms in total. The van der Waals surface area contributed by atoms with Crippen molar-refractivity contribution in [1.29, 1.82) is 0 Å². The van der Waals surface area contributed by atoms with Crippen LogP contribution in [0.3, 0.4) is 0 Å². The topological polar surface area (TPSA) is 24.1 Å². The lowest BCUT2D eigenvalue weighted by Gasteiger charge is -2.12. The van der Waals surface area contributed by atoms with Gasteiger partial charge in [-0.25, -0.2) is 0 Å². The third-order valence-electron chi connectivity index (χ3n) is 3.51. The number of rotatable bonds is 5. The summed E-state index contributed by atoms with van der Waals surface area (Å²) in [4.78, 5) is 0. The van der Waals surface area contributed by atoms with Gasteiger partial charge in [-0.05, 0) is 47.2 Å². The van der Waals surface area contributed by atoms with E-state index in [-0.39, 0.29) is 0 Å². The van der Waals surface area contributed by atoms with Crippen LogP contribution < -0.4 is 10.9 Å². The van der Waals surface area contributed by atoms with Crippen LogP contribution in [0.2, 0.25) is 0 Å². The van der Waals surface area contributed by atoms with E-state index < -0.39 is 0 Å². The molecule has 0 heterocycles. The number of anilines is 2. The molecule has 0 bridgehead atoms. The molecule has 2 heteroatoms. The highest BCUT2D eigenvalue weighted by Crippen LogP contribution is 2.19. The second-order valence-electron chi connectivity index (χ2n) is 5.80. The molecular formula is C18H24N2. The van der Waals surface area contributed by atoms with Gasteiger partial charge in [-0.2, -0.15) is 0 Å². The third-order valence-corrected chi connectivity index (χ3v) is 3.51. The van der Waals surface area contributed by atoms with Crippen LogP contribution in [0.25, 0.3) is 0 Å². The second-order valence-corrected chi connectivity index (χ2v) is 5.80. The van der Waals surface area contributed by atoms with Crippen molar-refractivity contribution in [3.05, 3.63) is 59.7 Å². The highest BCUT2D eigenvalue weighted by atomic mass is 15.4. The SMILES string of the molecule is CC(C)c1ccc(NNc2ccc(C(C)C)cc2)cc1. The first-order valence-corrected chi connectivity index (χ1v) is 7.28. The molecule has 0 aromatic heterocycles. The molecule has 20 heavy (non-hydrogen) atoms. The van der Waals surface area contributed by atoms with Gasteiger partial charge in [0.05, 0.1) is 11.4 Å². The quantitative estimate of drug-likeness (QED) is 0.712. The van der Waals surface area contributed by atoms with Crippen molar-refractivity contribution in [1.82, 2.24) is 0 Å². The summed E-state index contributed by atoms with van der Waals surface area (Å²) in [6.45, 7) is 8.82. The Balaban J connectivity index is 1.94. The van der Waals surface area contributed by atoms with Crippen LogP contribution in [0.15, 0.2) is 48.5 Å². The molecule has 0 aliphatic carbocycles. The highest BCUT2D eigenvalue weighted by molar-refractivity contribution is 5.53. The van der Waals surface area contributed by atoms with Gasteiger partial charge in [0.25, 0.3) is 0 Å². The Morgan fingerprint density at radius 1 is 0.550 bits per heavy atom. The van der Waals surface area contributed by atoms with E-state index in [4.69, 9.17) is 0 Å². The fourth-order valence-electron chi connectivity index (χ4n) is 2.05. The fourth-order valence-corrected chi connectivity index (χ4v) is 2.05. The van der Waals surface area contributed by atoms with E-state index in [9.17, 15) is 0 Å². The molecule has 0 amide bonds. The first-order chi connectivity index (χ1) is 9.56. The van der Waals surface area contributed by atoms with Crippen LogP contribution in [0, 0.1) is 0 Å². The Morgan fingerprint density at radius 3 is 1.10 bits per heavy atom. The van der Waals surface area contributed by atoms with Gasteiger partial charge < -0.3 is 10.9 Å². The monoisotopic (exact) mass is 268 g/mol. The first-order valence-electron chi connectivity index (χ1n) is 7.28. The third kappa shape index (κ3) is 3.77.